The van der Waals surface area contributed by atoms with Crippen molar-refractivity contribution in [1.29, 1.82) is 0 Å². The highest BCUT2D eigenvalue weighted by Crippen LogP contribution is 2.49. The van der Waals surface area contributed by atoms with Gasteiger partial charge in [-0.05, 0) is 118 Å². The van der Waals surface area contributed by atoms with Crippen molar-refractivity contribution in [1.82, 2.24) is 15.0 Å². The summed E-state index contributed by atoms with van der Waals surface area (Å²) >= 11 is 0. The van der Waals surface area contributed by atoms with Gasteiger partial charge in [0, 0.05) is 16.7 Å². The van der Waals surface area contributed by atoms with Crippen molar-refractivity contribution in [3.8, 4) is 78.7 Å². The molecular formula is C55H33N3. The van der Waals surface area contributed by atoms with Crippen LogP contribution in [0.2, 0.25) is 0 Å². The van der Waals surface area contributed by atoms with Gasteiger partial charge in [-0.25, -0.2) is 15.0 Å². The Labute approximate surface area is 335 Å². The Bertz CT molecular complexity index is 3350. The molecule has 0 radical (unpaired) electrons. The predicted molar refractivity (Wildman–Crippen MR) is 241 cm³/mol. The molecule has 268 valence electrons. The summed E-state index contributed by atoms with van der Waals surface area (Å²) in [4.78, 5) is 15.3. The second-order valence-electron chi connectivity index (χ2n) is 15.2. The van der Waals surface area contributed by atoms with Gasteiger partial charge in [0.25, 0.3) is 0 Å². The van der Waals surface area contributed by atoms with Crippen LogP contribution in [0.5, 0.6) is 0 Å². The maximum absolute atomic E-state index is 5.10. The summed E-state index contributed by atoms with van der Waals surface area (Å²) in [5.74, 6) is 1.95. The molecule has 0 fully saturated rings. The number of benzene rings is 10. The molecule has 0 atom stereocenters. The molecule has 0 bridgehead atoms. The molecule has 3 nitrogen and oxygen atoms in total. The average molecular weight is 736 g/mol. The second-order valence-corrected chi connectivity index (χ2v) is 15.2. The first-order valence-corrected chi connectivity index (χ1v) is 19.8. The molecule has 0 amide bonds. The Morgan fingerprint density at radius 1 is 0.224 bits per heavy atom. The molecule has 1 aliphatic carbocycles. The summed E-state index contributed by atoms with van der Waals surface area (Å²) < 4.78 is 0. The fourth-order valence-electron chi connectivity index (χ4n) is 8.91. The van der Waals surface area contributed by atoms with E-state index in [1.165, 1.54) is 66.1 Å². The molecule has 1 aromatic heterocycles. The molecule has 0 saturated carbocycles. The molecule has 0 N–H and O–H groups in total. The Balaban J connectivity index is 0.927. The second kappa shape index (κ2) is 12.9. The number of aromatic nitrogens is 3. The zero-order valence-corrected chi connectivity index (χ0v) is 31.4. The SMILES string of the molecule is c1cc(-c2ccc3cc(-c4nc(-c5ccc6ccccc6c5)nc(-c5ccc6ccccc6c5)n4)ccc3c2)cc(-c2ccc3c4c(cccc24)-c2ccccc2-3)c1. The lowest BCUT2D eigenvalue weighted by Crippen LogP contribution is -2.00. The third-order valence-corrected chi connectivity index (χ3v) is 11.8. The summed E-state index contributed by atoms with van der Waals surface area (Å²) in [5, 5.41) is 9.60. The molecule has 11 aromatic rings. The van der Waals surface area contributed by atoms with Gasteiger partial charge in [0.15, 0.2) is 17.5 Å². The first-order valence-electron chi connectivity index (χ1n) is 19.8. The first-order chi connectivity index (χ1) is 28.7. The predicted octanol–water partition coefficient (Wildman–Crippen LogP) is 14.5. The third kappa shape index (κ3) is 5.32. The van der Waals surface area contributed by atoms with E-state index in [4.69, 9.17) is 15.0 Å². The summed E-state index contributed by atoms with van der Waals surface area (Å²) in [6.45, 7) is 0. The lowest BCUT2D eigenvalue weighted by Gasteiger charge is -2.12. The Morgan fingerprint density at radius 3 is 1.22 bits per heavy atom. The standard InChI is InChI=1S/C55H33N3/c1-3-11-36-31-43(24-19-34(36)9-1)53-56-54(44-25-20-35-10-2-4-12-37(35)32-44)58-55(57-53)45-26-23-40-29-39(21-22-41(40)33-45)38-13-7-14-42(30-38)46-27-28-51-48-16-6-5-15-47(48)50-18-8-17-49(46)52(50)51/h1-33H. The highest BCUT2D eigenvalue weighted by Gasteiger charge is 2.22. The zero-order chi connectivity index (χ0) is 38.2. The van der Waals surface area contributed by atoms with Gasteiger partial charge < -0.3 is 0 Å². The fourth-order valence-corrected chi connectivity index (χ4v) is 8.91. The molecule has 0 unspecified atom stereocenters. The van der Waals surface area contributed by atoms with E-state index in [0.717, 1.165) is 38.2 Å². The van der Waals surface area contributed by atoms with Crippen molar-refractivity contribution in [2.75, 3.05) is 0 Å². The number of nitrogens with zero attached hydrogens (tertiary/aromatic N) is 3. The van der Waals surface area contributed by atoms with Crippen molar-refractivity contribution in [3.05, 3.63) is 200 Å². The zero-order valence-electron chi connectivity index (χ0n) is 31.4. The van der Waals surface area contributed by atoms with Gasteiger partial charge in [-0.15, -0.1) is 0 Å². The van der Waals surface area contributed by atoms with Crippen LogP contribution in [0.3, 0.4) is 0 Å². The first kappa shape index (κ1) is 32.5. The van der Waals surface area contributed by atoms with Crippen molar-refractivity contribution in [2.24, 2.45) is 0 Å². The maximum atomic E-state index is 5.10. The van der Waals surface area contributed by atoms with Crippen LogP contribution >= 0.6 is 0 Å². The smallest absolute Gasteiger partial charge is 0.164 e. The number of hydrogen-bond donors (Lipinski definition) is 0. The number of rotatable bonds is 5. The van der Waals surface area contributed by atoms with Gasteiger partial charge in [0.2, 0.25) is 0 Å². The van der Waals surface area contributed by atoms with Gasteiger partial charge in [-0.1, -0.05) is 170 Å². The van der Waals surface area contributed by atoms with Crippen LogP contribution < -0.4 is 0 Å². The normalized spacial score (nSPS) is 11.8. The van der Waals surface area contributed by atoms with E-state index in [2.05, 4.69) is 200 Å². The van der Waals surface area contributed by atoms with E-state index in [0.29, 0.717) is 17.5 Å². The van der Waals surface area contributed by atoms with Crippen molar-refractivity contribution < 1.29 is 0 Å². The molecular weight excluding hydrogens is 703 g/mol. The van der Waals surface area contributed by atoms with Crippen LogP contribution in [0.4, 0.5) is 0 Å². The molecule has 3 heteroatoms. The van der Waals surface area contributed by atoms with E-state index >= 15 is 0 Å². The highest BCUT2D eigenvalue weighted by atomic mass is 15.0. The van der Waals surface area contributed by atoms with Gasteiger partial charge in [0.05, 0.1) is 0 Å². The van der Waals surface area contributed by atoms with Crippen LogP contribution in [0, 0.1) is 0 Å². The van der Waals surface area contributed by atoms with Crippen LogP contribution in [-0.4, -0.2) is 15.0 Å². The van der Waals surface area contributed by atoms with Gasteiger partial charge in [-0.3, -0.25) is 0 Å². The summed E-state index contributed by atoms with van der Waals surface area (Å²) in [5.41, 5.74) is 13.0. The maximum Gasteiger partial charge on any atom is 0.164 e. The Kier molecular flexibility index (Phi) is 7.23. The van der Waals surface area contributed by atoms with Gasteiger partial charge in [0.1, 0.15) is 0 Å². The minimum Gasteiger partial charge on any atom is -0.208 e. The highest BCUT2D eigenvalue weighted by molar-refractivity contribution is 6.18. The quantitative estimate of drug-likeness (QED) is 0.177. The van der Waals surface area contributed by atoms with E-state index in [-0.39, 0.29) is 0 Å². The summed E-state index contributed by atoms with van der Waals surface area (Å²) in [6, 6.07) is 71.9. The van der Waals surface area contributed by atoms with E-state index < -0.39 is 0 Å². The van der Waals surface area contributed by atoms with Crippen molar-refractivity contribution in [3.63, 3.8) is 0 Å². The fraction of sp³-hybridized carbons (Fsp3) is 0. The van der Waals surface area contributed by atoms with Crippen molar-refractivity contribution in [2.45, 2.75) is 0 Å². The summed E-state index contributed by atoms with van der Waals surface area (Å²) in [7, 11) is 0. The Hall–Kier alpha value is -7.75. The molecule has 1 aliphatic rings. The molecule has 0 spiro atoms. The Morgan fingerprint density at radius 2 is 0.621 bits per heavy atom. The van der Waals surface area contributed by atoms with E-state index in [9.17, 15) is 0 Å². The molecule has 0 aliphatic heterocycles. The minimum atomic E-state index is 0.647. The van der Waals surface area contributed by atoms with Crippen LogP contribution in [0.25, 0.3) is 122 Å². The monoisotopic (exact) mass is 735 g/mol. The summed E-state index contributed by atoms with van der Waals surface area (Å²) in [6.07, 6.45) is 0. The van der Waals surface area contributed by atoms with Crippen LogP contribution in [0.1, 0.15) is 0 Å². The molecule has 1 heterocycles. The average Bonchev–Trinajstić information content (AvgIpc) is 3.63. The van der Waals surface area contributed by atoms with Crippen LogP contribution in [0.15, 0.2) is 200 Å². The minimum absolute atomic E-state index is 0.647. The van der Waals surface area contributed by atoms with E-state index in [1.54, 1.807) is 0 Å². The van der Waals surface area contributed by atoms with Gasteiger partial charge in [-0.2, -0.15) is 0 Å². The lowest BCUT2D eigenvalue weighted by atomic mass is 9.92. The topological polar surface area (TPSA) is 38.7 Å². The molecule has 58 heavy (non-hydrogen) atoms. The van der Waals surface area contributed by atoms with Gasteiger partial charge >= 0.3 is 0 Å². The third-order valence-electron chi connectivity index (χ3n) is 11.8. The van der Waals surface area contributed by atoms with Crippen molar-refractivity contribution >= 4 is 43.1 Å². The molecule has 12 rings (SSSR count). The van der Waals surface area contributed by atoms with E-state index in [1.807, 2.05) is 0 Å². The van der Waals surface area contributed by atoms with Crippen LogP contribution in [-0.2, 0) is 0 Å². The number of hydrogen-bond acceptors (Lipinski definition) is 3. The molecule has 0 saturated heterocycles. The largest absolute Gasteiger partial charge is 0.208 e. The molecule has 10 aromatic carbocycles. The lowest BCUT2D eigenvalue weighted by molar-refractivity contribution is 1.08. The number of fused-ring (bicyclic) bond motifs is 6.